The van der Waals surface area contributed by atoms with Gasteiger partial charge in [0.2, 0.25) is 5.91 Å². The number of hydrogen-bond acceptors (Lipinski definition) is 4. The van der Waals surface area contributed by atoms with Crippen molar-refractivity contribution >= 4 is 23.2 Å². The minimum absolute atomic E-state index is 0.0312. The second-order valence-electron chi connectivity index (χ2n) is 6.97. The van der Waals surface area contributed by atoms with E-state index in [4.69, 9.17) is 16.1 Å². The van der Waals surface area contributed by atoms with Crippen LogP contribution >= 0.6 is 11.6 Å². The topological polar surface area (TPSA) is 68.0 Å². The van der Waals surface area contributed by atoms with E-state index in [2.05, 4.69) is 15.5 Å². The van der Waals surface area contributed by atoms with E-state index < -0.39 is 5.41 Å². The summed E-state index contributed by atoms with van der Waals surface area (Å²) in [6, 6.07) is 15.1. The number of hydrogen-bond donors (Lipinski definition) is 1. The van der Waals surface area contributed by atoms with Gasteiger partial charge in [0.05, 0.1) is 5.41 Å². The highest BCUT2D eigenvalue weighted by molar-refractivity contribution is 6.30. The summed E-state index contributed by atoms with van der Waals surface area (Å²) in [7, 11) is 0. The first-order valence-electron chi connectivity index (χ1n) is 9.05. The molecule has 1 heterocycles. The van der Waals surface area contributed by atoms with Crippen LogP contribution in [-0.4, -0.2) is 16.0 Å². The van der Waals surface area contributed by atoms with Crippen molar-refractivity contribution in [2.45, 2.75) is 38.0 Å². The molecule has 0 bridgehead atoms. The molecule has 0 saturated heterocycles. The summed E-state index contributed by atoms with van der Waals surface area (Å²) in [5.41, 5.74) is 2.11. The zero-order valence-corrected chi connectivity index (χ0v) is 15.8. The molecule has 6 heteroatoms. The number of carbonyl (C=O) groups is 1. The fourth-order valence-electron chi connectivity index (χ4n) is 3.76. The van der Waals surface area contributed by atoms with Crippen LogP contribution in [0.15, 0.2) is 53.1 Å². The van der Waals surface area contributed by atoms with Gasteiger partial charge in [0, 0.05) is 16.3 Å². The third-order valence-corrected chi connectivity index (χ3v) is 5.46. The second kappa shape index (κ2) is 7.16. The molecule has 1 aliphatic rings. The smallest absolute Gasteiger partial charge is 0.257 e. The fourth-order valence-corrected chi connectivity index (χ4v) is 3.88. The van der Waals surface area contributed by atoms with Crippen LogP contribution in [0.1, 0.15) is 37.1 Å². The molecule has 4 rings (SSSR count). The largest absolute Gasteiger partial charge is 0.334 e. The zero-order valence-electron chi connectivity index (χ0n) is 15.0. The number of nitrogens with one attached hydrogen (secondary N) is 1. The summed E-state index contributed by atoms with van der Waals surface area (Å²) in [6.45, 7) is 1.78. The molecule has 27 heavy (non-hydrogen) atoms. The van der Waals surface area contributed by atoms with E-state index >= 15 is 0 Å². The van der Waals surface area contributed by atoms with Crippen LogP contribution in [0.2, 0.25) is 5.02 Å². The molecule has 3 aromatic rings. The lowest BCUT2D eigenvalue weighted by Gasteiger charge is -2.28. The maximum Gasteiger partial charge on any atom is 0.257 e. The lowest BCUT2D eigenvalue weighted by atomic mass is 9.78. The minimum atomic E-state index is -0.493. The van der Waals surface area contributed by atoms with E-state index in [1.54, 1.807) is 6.92 Å². The van der Waals surface area contributed by atoms with Crippen LogP contribution in [-0.2, 0) is 10.2 Å². The van der Waals surface area contributed by atoms with Crippen LogP contribution < -0.4 is 5.32 Å². The third-order valence-electron chi connectivity index (χ3n) is 5.21. The number of benzene rings is 2. The molecule has 138 valence electrons. The van der Waals surface area contributed by atoms with E-state index in [9.17, 15) is 4.79 Å². The van der Waals surface area contributed by atoms with Gasteiger partial charge in [-0.25, -0.2) is 0 Å². The third kappa shape index (κ3) is 3.47. The van der Waals surface area contributed by atoms with E-state index in [-0.39, 0.29) is 5.91 Å². The number of rotatable bonds is 4. The molecule has 1 aromatic heterocycles. The summed E-state index contributed by atoms with van der Waals surface area (Å²) in [5.74, 6) is 1.09. The summed E-state index contributed by atoms with van der Waals surface area (Å²) in [4.78, 5) is 17.4. The molecule has 0 radical (unpaired) electrons. The molecule has 1 aliphatic carbocycles. The fraction of sp³-hybridized carbons (Fsp3) is 0.286. The Morgan fingerprint density at radius 2 is 1.74 bits per heavy atom. The SMILES string of the molecule is Cc1noc(-c2ccc(NC(=O)C3(c4ccc(Cl)cc4)CCCC3)cc2)n1. The van der Waals surface area contributed by atoms with E-state index in [0.717, 1.165) is 42.5 Å². The number of halogens is 1. The van der Waals surface area contributed by atoms with Gasteiger partial charge in [-0.05, 0) is 61.7 Å². The molecule has 0 spiro atoms. The van der Waals surface area contributed by atoms with Gasteiger partial charge in [0.1, 0.15) is 0 Å². The molecular formula is C21H20ClN3O2. The van der Waals surface area contributed by atoms with Crippen molar-refractivity contribution < 1.29 is 9.32 Å². The van der Waals surface area contributed by atoms with Crippen molar-refractivity contribution in [1.82, 2.24) is 10.1 Å². The Balaban J connectivity index is 1.55. The Labute approximate surface area is 162 Å². The number of amides is 1. The number of aryl methyl sites for hydroxylation is 1. The molecule has 5 nitrogen and oxygen atoms in total. The van der Waals surface area contributed by atoms with Crippen molar-refractivity contribution in [3.63, 3.8) is 0 Å². The van der Waals surface area contributed by atoms with Crippen molar-refractivity contribution in [1.29, 1.82) is 0 Å². The Morgan fingerprint density at radius 3 is 2.33 bits per heavy atom. The molecule has 1 amide bonds. The van der Waals surface area contributed by atoms with Gasteiger partial charge in [0.15, 0.2) is 5.82 Å². The summed E-state index contributed by atoms with van der Waals surface area (Å²) >= 11 is 6.02. The lowest BCUT2D eigenvalue weighted by Crippen LogP contribution is -2.37. The Kier molecular flexibility index (Phi) is 4.70. The maximum absolute atomic E-state index is 13.2. The molecule has 2 aromatic carbocycles. The summed E-state index contributed by atoms with van der Waals surface area (Å²) in [5, 5.41) is 7.56. The first-order valence-corrected chi connectivity index (χ1v) is 9.43. The summed E-state index contributed by atoms with van der Waals surface area (Å²) < 4.78 is 5.18. The van der Waals surface area contributed by atoms with Gasteiger partial charge in [-0.1, -0.05) is 41.7 Å². The Hall–Kier alpha value is -2.66. The lowest BCUT2D eigenvalue weighted by molar-refractivity contribution is -0.121. The van der Waals surface area contributed by atoms with Gasteiger partial charge in [-0.15, -0.1) is 0 Å². The minimum Gasteiger partial charge on any atom is -0.334 e. The predicted octanol–water partition coefficient (Wildman–Crippen LogP) is 5.15. The first-order chi connectivity index (χ1) is 13.1. The number of nitrogens with zero attached hydrogens (tertiary/aromatic N) is 2. The van der Waals surface area contributed by atoms with Crippen LogP contribution in [0.25, 0.3) is 11.5 Å². The average Bonchev–Trinajstić information content (AvgIpc) is 3.33. The van der Waals surface area contributed by atoms with Crippen molar-refractivity contribution in [3.05, 3.63) is 64.9 Å². The van der Waals surface area contributed by atoms with E-state index in [0.29, 0.717) is 16.7 Å². The van der Waals surface area contributed by atoms with Crippen LogP contribution in [0.3, 0.4) is 0 Å². The zero-order chi connectivity index (χ0) is 18.9. The first kappa shape index (κ1) is 17.7. The molecule has 0 atom stereocenters. The highest BCUT2D eigenvalue weighted by atomic mass is 35.5. The standard InChI is InChI=1S/C21H20ClN3O2/c1-14-23-19(27-25-14)15-4-10-18(11-5-15)24-20(26)21(12-2-3-13-21)16-6-8-17(22)9-7-16/h4-11H,2-3,12-13H2,1H3,(H,24,26). The summed E-state index contributed by atoms with van der Waals surface area (Å²) in [6.07, 6.45) is 3.79. The van der Waals surface area contributed by atoms with Crippen molar-refractivity contribution in [2.24, 2.45) is 0 Å². The van der Waals surface area contributed by atoms with Crippen LogP contribution in [0, 0.1) is 6.92 Å². The normalized spacial score (nSPS) is 15.6. The Bertz CT molecular complexity index is 942. The molecule has 1 fully saturated rings. The highest BCUT2D eigenvalue weighted by Crippen LogP contribution is 2.42. The predicted molar refractivity (Wildman–Crippen MR) is 105 cm³/mol. The monoisotopic (exact) mass is 381 g/mol. The molecule has 0 aliphatic heterocycles. The average molecular weight is 382 g/mol. The Morgan fingerprint density at radius 1 is 1.07 bits per heavy atom. The number of carbonyl (C=O) groups excluding carboxylic acids is 1. The quantitative estimate of drug-likeness (QED) is 0.678. The van der Waals surface area contributed by atoms with Gasteiger partial charge in [0.25, 0.3) is 5.89 Å². The molecule has 1 N–H and O–H groups in total. The van der Waals surface area contributed by atoms with E-state index in [1.165, 1.54) is 0 Å². The van der Waals surface area contributed by atoms with E-state index in [1.807, 2.05) is 48.5 Å². The molecule has 1 saturated carbocycles. The van der Waals surface area contributed by atoms with Crippen molar-refractivity contribution in [3.8, 4) is 11.5 Å². The van der Waals surface area contributed by atoms with Crippen LogP contribution in [0.4, 0.5) is 5.69 Å². The molecule has 0 unspecified atom stereocenters. The number of aromatic nitrogens is 2. The highest BCUT2D eigenvalue weighted by Gasteiger charge is 2.42. The molecular weight excluding hydrogens is 362 g/mol. The van der Waals surface area contributed by atoms with Gasteiger partial charge < -0.3 is 9.84 Å². The van der Waals surface area contributed by atoms with Crippen LogP contribution in [0.5, 0.6) is 0 Å². The number of anilines is 1. The maximum atomic E-state index is 13.2. The van der Waals surface area contributed by atoms with Crippen molar-refractivity contribution in [2.75, 3.05) is 5.32 Å². The van der Waals surface area contributed by atoms with Gasteiger partial charge >= 0.3 is 0 Å². The van der Waals surface area contributed by atoms with Gasteiger partial charge in [-0.3, -0.25) is 4.79 Å². The van der Waals surface area contributed by atoms with Gasteiger partial charge in [-0.2, -0.15) is 4.98 Å². The second-order valence-corrected chi connectivity index (χ2v) is 7.41.